The van der Waals surface area contributed by atoms with Crippen LogP contribution in [-0.2, 0) is 57.2 Å². The van der Waals surface area contributed by atoms with Crippen molar-refractivity contribution in [1.82, 2.24) is 0 Å². The highest BCUT2D eigenvalue weighted by molar-refractivity contribution is 5.91. The van der Waals surface area contributed by atoms with Crippen LogP contribution in [0.5, 0.6) is 23.0 Å². The molecule has 3 aromatic rings. The average Bonchev–Trinajstić information content (AvgIpc) is 3.02. The molecule has 1 aromatic heterocycles. The van der Waals surface area contributed by atoms with Crippen molar-refractivity contribution in [2.24, 2.45) is 0 Å². The van der Waals surface area contributed by atoms with Crippen molar-refractivity contribution in [3.8, 4) is 34.3 Å². The van der Waals surface area contributed by atoms with Crippen LogP contribution in [-0.4, -0.2) is 79.1 Å². The molecule has 1 fully saturated rings. The first-order chi connectivity index (χ1) is 24.5. The van der Waals surface area contributed by atoms with Crippen LogP contribution < -0.4 is 31.4 Å². The first-order valence-electron chi connectivity index (χ1n) is 15.6. The summed E-state index contributed by atoms with van der Waals surface area (Å²) in [5.74, 6) is -5.30. The van der Waals surface area contributed by atoms with E-state index in [1.165, 1.54) is 56.3 Å². The molecular formula is C35H35ClO17. The number of carbonyl (C=O) groups excluding carboxylic acids is 7. The Kier molecular flexibility index (Phi) is 14.2. The Morgan fingerprint density at radius 3 is 1.70 bits per heavy atom. The van der Waals surface area contributed by atoms with Gasteiger partial charge in [0.15, 0.2) is 18.0 Å². The molecule has 17 nitrogen and oxygen atoms in total. The number of ether oxygens (including phenoxy) is 9. The summed E-state index contributed by atoms with van der Waals surface area (Å²) in [4.78, 5) is 84.1. The minimum atomic E-state index is -1.68. The van der Waals surface area contributed by atoms with Crippen molar-refractivity contribution >= 4 is 52.8 Å². The summed E-state index contributed by atoms with van der Waals surface area (Å²) < 4.78 is 56.1. The third-order valence-corrected chi connectivity index (χ3v) is 6.87. The van der Waals surface area contributed by atoms with E-state index in [0.29, 0.717) is 5.56 Å². The minimum absolute atomic E-state index is 0. The maximum atomic E-state index is 12.4. The largest absolute Gasteiger partial charge is 1.00 e. The Hall–Kier alpha value is -5.81. The van der Waals surface area contributed by atoms with Crippen molar-refractivity contribution in [1.29, 1.82) is 0 Å². The molecule has 1 aliphatic heterocycles. The van der Waals surface area contributed by atoms with Gasteiger partial charge in [-0.05, 0) is 24.3 Å². The zero-order valence-electron chi connectivity index (χ0n) is 29.5. The number of carbonyl (C=O) groups is 7. The van der Waals surface area contributed by atoms with E-state index in [0.717, 1.165) is 34.6 Å². The number of rotatable bonds is 11. The van der Waals surface area contributed by atoms with E-state index in [1.807, 2.05) is 0 Å². The van der Waals surface area contributed by atoms with Crippen molar-refractivity contribution in [2.45, 2.75) is 79.2 Å². The number of fused-ring (bicyclic) bond motifs is 1. The van der Waals surface area contributed by atoms with E-state index in [9.17, 15) is 33.6 Å². The summed E-state index contributed by atoms with van der Waals surface area (Å²) in [7, 11) is 0. The van der Waals surface area contributed by atoms with Crippen LogP contribution in [0, 0.1) is 0 Å². The van der Waals surface area contributed by atoms with Gasteiger partial charge in [-0.3, -0.25) is 33.6 Å². The number of halogens is 1. The van der Waals surface area contributed by atoms with Crippen molar-refractivity contribution in [3.63, 3.8) is 0 Å². The van der Waals surface area contributed by atoms with Gasteiger partial charge in [-0.25, -0.2) is 4.42 Å². The summed E-state index contributed by atoms with van der Waals surface area (Å²) in [6.45, 7) is 7.39. The molecule has 53 heavy (non-hydrogen) atoms. The van der Waals surface area contributed by atoms with Crippen LogP contribution in [0.1, 0.15) is 48.5 Å². The summed E-state index contributed by atoms with van der Waals surface area (Å²) in [5, 5.41) is 0.131. The van der Waals surface area contributed by atoms with E-state index < -0.39 is 79.1 Å². The molecule has 0 bridgehead atoms. The lowest BCUT2D eigenvalue weighted by atomic mass is 9.98. The van der Waals surface area contributed by atoms with Gasteiger partial charge in [0, 0.05) is 60.6 Å². The number of benzene rings is 2. The first-order valence-corrected chi connectivity index (χ1v) is 15.6. The molecule has 4 rings (SSSR count). The van der Waals surface area contributed by atoms with E-state index in [1.54, 1.807) is 0 Å². The highest BCUT2D eigenvalue weighted by Gasteiger charge is 2.54. The van der Waals surface area contributed by atoms with E-state index in [2.05, 4.69) is 0 Å². The second-order valence-corrected chi connectivity index (χ2v) is 11.3. The molecule has 0 N–H and O–H groups in total. The second-order valence-electron chi connectivity index (χ2n) is 11.3. The van der Waals surface area contributed by atoms with Gasteiger partial charge in [-0.15, -0.1) is 0 Å². The van der Waals surface area contributed by atoms with E-state index in [4.69, 9.17) is 47.0 Å². The average molecular weight is 763 g/mol. The third kappa shape index (κ3) is 11.3. The highest BCUT2D eigenvalue weighted by Crippen LogP contribution is 2.42. The Labute approximate surface area is 308 Å². The SMILES string of the molecule is CC(=O)OC[C@H]1O[C@@H](Oc2cc3c(OC(C)=O)cc(OC(C)=O)cc3[o+]c2-c2ccc(OC(C)=O)cc2)[C@H](OC(C)=O)[C@@H](OC(C)=O)[C@@H]1OC(C)=O.[Cl-]. The predicted molar refractivity (Wildman–Crippen MR) is 173 cm³/mol. The zero-order valence-corrected chi connectivity index (χ0v) is 30.2. The molecule has 5 atom stereocenters. The fraction of sp³-hybridized carbons (Fsp3) is 0.371. The maximum absolute atomic E-state index is 12.4. The van der Waals surface area contributed by atoms with Crippen LogP contribution in [0.15, 0.2) is 46.9 Å². The normalized spacial score (nSPS) is 19.0. The van der Waals surface area contributed by atoms with Gasteiger partial charge in [0.05, 0.1) is 11.6 Å². The lowest BCUT2D eigenvalue weighted by molar-refractivity contribution is -0.288. The van der Waals surface area contributed by atoms with Crippen LogP contribution in [0.4, 0.5) is 0 Å². The fourth-order valence-corrected chi connectivity index (χ4v) is 5.16. The predicted octanol–water partition coefficient (Wildman–Crippen LogP) is 0.623. The zero-order chi connectivity index (χ0) is 38.3. The van der Waals surface area contributed by atoms with Crippen LogP contribution in [0.2, 0.25) is 0 Å². The Bertz CT molecular complexity index is 1890. The molecular weight excluding hydrogens is 728 g/mol. The smallest absolute Gasteiger partial charge is 0.402 e. The number of esters is 7. The Morgan fingerprint density at radius 1 is 0.604 bits per heavy atom. The monoisotopic (exact) mass is 762 g/mol. The van der Waals surface area contributed by atoms with E-state index >= 15 is 0 Å². The third-order valence-electron chi connectivity index (χ3n) is 6.87. The van der Waals surface area contributed by atoms with Gasteiger partial charge in [-0.2, -0.15) is 0 Å². The molecule has 2 aromatic carbocycles. The second kappa shape index (κ2) is 18.1. The molecule has 0 saturated carbocycles. The Balaban J connectivity index is 0.00000756. The lowest BCUT2D eigenvalue weighted by Gasteiger charge is -2.43. The van der Waals surface area contributed by atoms with Crippen LogP contribution in [0.3, 0.4) is 0 Å². The topological polar surface area (TPSA) is 214 Å². The first kappa shape index (κ1) is 41.6. The number of hydrogen-bond donors (Lipinski definition) is 0. The molecule has 0 spiro atoms. The Morgan fingerprint density at radius 2 is 1.15 bits per heavy atom. The molecule has 0 unspecified atom stereocenters. The fourth-order valence-electron chi connectivity index (χ4n) is 5.16. The van der Waals surface area contributed by atoms with Crippen molar-refractivity contribution < 1.29 is 93.0 Å². The molecule has 284 valence electrons. The summed E-state index contributed by atoms with van der Waals surface area (Å²) in [6.07, 6.45) is -7.61. The lowest BCUT2D eigenvalue weighted by Crippen LogP contribution is -3.00. The quantitative estimate of drug-likeness (QED) is 0.113. The summed E-state index contributed by atoms with van der Waals surface area (Å²) in [6, 6.07) is 9.99. The van der Waals surface area contributed by atoms with Crippen LogP contribution in [0.25, 0.3) is 22.3 Å². The standard InChI is InChI=1S/C35H35O17.ClH/c1-16(36)43-15-30-32(47-20(5)40)33(48-21(6)41)34(49-22(7)42)35(52-30)51-29-14-26-27(46-19(4)39)12-25(45-18(3)38)13-28(26)50-31(29)23-8-10-24(11-9-23)44-17(2)37;/h8-14,30,32-35H,15H2,1-7H3;1H/q+1;/p-1/t30-,32-,33+,34-,35-;/m1./s1. The minimum Gasteiger partial charge on any atom is -1.00 e. The van der Waals surface area contributed by atoms with Crippen molar-refractivity contribution in [2.75, 3.05) is 6.61 Å². The molecule has 2 heterocycles. The van der Waals surface area contributed by atoms with Crippen LogP contribution >= 0.6 is 0 Å². The van der Waals surface area contributed by atoms with Gasteiger partial charge in [-0.1, -0.05) is 0 Å². The van der Waals surface area contributed by atoms with Gasteiger partial charge in [0.2, 0.25) is 18.1 Å². The molecule has 1 saturated heterocycles. The molecule has 0 aliphatic carbocycles. The van der Waals surface area contributed by atoms with Gasteiger partial charge in [0.1, 0.15) is 29.6 Å². The number of hydrogen-bond acceptors (Lipinski definition) is 16. The maximum Gasteiger partial charge on any atom is 0.402 e. The molecule has 18 heteroatoms. The van der Waals surface area contributed by atoms with Gasteiger partial charge >= 0.3 is 53.1 Å². The summed E-state index contributed by atoms with van der Waals surface area (Å²) >= 11 is 0. The summed E-state index contributed by atoms with van der Waals surface area (Å²) in [5.41, 5.74) is 0.369. The van der Waals surface area contributed by atoms with Crippen molar-refractivity contribution in [3.05, 3.63) is 42.5 Å². The molecule has 0 amide bonds. The molecule has 0 radical (unpaired) electrons. The highest BCUT2D eigenvalue weighted by atomic mass is 35.5. The van der Waals surface area contributed by atoms with Gasteiger partial charge < -0.3 is 55.0 Å². The van der Waals surface area contributed by atoms with E-state index in [-0.39, 0.29) is 52.1 Å². The van der Waals surface area contributed by atoms with Gasteiger partial charge in [0.25, 0.3) is 0 Å². The molecule has 1 aliphatic rings.